The van der Waals surface area contributed by atoms with Crippen molar-refractivity contribution in [3.8, 4) is 0 Å². The maximum absolute atomic E-state index is 12.6. The smallest absolute Gasteiger partial charge is 0.378 e. The van der Waals surface area contributed by atoms with Crippen molar-refractivity contribution in [2.75, 3.05) is 33.8 Å². The van der Waals surface area contributed by atoms with Crippen LogP contribution < -0.4 is 10.6 Å². The Morgan fingerprint density at radius 3 is 2.25 bits per heavy atom. The predicted octanol–water partition coefficient (Wildman–Crippen LogP) is 1.92. The van der Waals surface area contributed by atoms with Crippen LogP contribution in [0.3, 0.4) is 0 Å². The van der Waals surface area contributed by atoms with Crippen LogP contribution in [0, 0.1) is 11.3 Å². The van der Waals surface area contributed by atoms with E-state index in [-0.39, 0.29) is 36.1 Å². The minimum Gasteiger partial charge on any atom is -0.378 e. The number of nitrogens with zero attached hydrogens (tertiary/aromatic N) is 2. The molecule has 0 aromatic rings. The summed E-state index contributed by atoms with van der Waals surface area (Å²) in [4.78, 5) is 4.22. The van der Waals surface area contributed by atoms with Crippen LogP contribution in [0.5, 0.6) is 0 Å². The molecular formula is C17H31F3N4O3S. The SMILES string of the molecule is CN=C(NCC1CCN(S(=O)(=O)C(F)(F)F)CC1)NC1CC(C)(OC)C1(C)C. The first-order valence-electron chi connectivity index (χ1n) is 9.37. The summed E-state index contributed by atoms with van der Waals surface area (Å²) in [6.45, 7) is 6.60. The molecule has 0 bridgehead atoms. The maximum Gasteiger partial charge on any atom is 0.511 e. The number of rotatable bonds is 5. The Kier molecular flexibility index (Phi) is 6.62. The van der Waals surface area contributed by atoms with E-state index in [1.165, 1.54) is 0 Å². The zero-order valence-electron chi connectivity index (χ0n) is 17.1. The summed E-state index contributed by atoms with van der Waals surface area (Å²) in [5, 5.41) is 6.59. The lowest BCUT2D eigenvalue weighted by atomic mass is 9.56. The zero-order valence-corrected chi connectivity index (χ0v) is 17.9. The number of hydrogen-bond donors (Lipinski definition) is 2. The van der Waals surface area contributed by atoms with Gasteiger partial charge in [0.15, 0.2) is 5.96 Å². The van der Waals surface area contributed by atoms with Crippen molar-refractivity contribution in [2.24, 2.45) is 16.3 Å². The number of nitrogens with one attached hydrogen (secondary N) is 2. The van der Waals surface area contributed by atoms with Crippen LogP contribution in [0.1, 0.15) is 40.0 Å². The van der Waals surface area contributed by atoms with Crippen molar-refractivity contribution in [1.29, 1.82) is 0 Å². The molecule has 0 radical (unpaired) electrons. The first-order chi connectivity index (χ1) is 12.8. The molecule has 1 heterocycles. The van der Waals surface area contributed by atoms with Gasteiger partial charge < -0.3 is 15.4 Å². The highest BCUT2D eigenvalue weighted by Gasteiger charge is 2.58. The molecule has 0 amide bonds. The largest absolute Gasteiger partial charge is 0.511 e. The monoisotopic (exact) mass is 428 g/mol. The first-order valence-corrected chi connectivity index (χ1v) is 10.8. The number of halogens is 3. The third-order valence-electron chi connectivity index (χ3n) is 6.58. The van der Waals surface area contributed by atoms with Crippen LogP contribution in [-0.4, -0.2) is 69.6 Å². The summed E-state index contributed by atoms with van der Waals surface area (Å²) in [6, 6.07) is 0.183. The van der Waals surface area contributed by atoms with Crippen molar-refractivity contribution in [1.82, 2.24) is 14.9 Å². The summed E-state index contributed by atoms with van der Waals surface area (Å²) in [7, 11) is -1.87. The van der Waals surface area contributed by atoms with E-state index in [1.807, 2.05) is 0 Å². The van der Waals surface area contributed by atoms with Crippen molar-refractivity contribution < 1.29 is 26.3 Å². The van der Waals surface area contributed by atoms with Gasteiger partial charge in [0.05, 0.1) is 5.60 Å². The van der Waals surface area contributed by atoms with Gasteiger partial charge in [0.25, 0.3) is 0 Å². The third-order valence-corrected chi connectivity index (χ3v) is 8.21. The van der Waals surface area contributed by atoms with Crippen molar-refractivity contribution in [3.63, 3.8) is 0 Å². The van der Waals surface area contributed by atoms with E-state index in [1.54, 1.807) is 14.2 Å². The standard InChI is InChI=1S/C17H31F3N4O3S/c1-15(2)13(10-16(15,3)27-5)23-14(21-4)22-11-12-6-8-24(9-7-12)28(25,26)17(18,19)20/h12-13H,6-11H2,1-5H3,(H2,21,22,23). The normalized spacial score (nSPS) is 30.0. The molecule has 0 spiro atoms. The summed E-state index contributed by atoms with van der Waals surface area (Å²) in [5.74, 6) is 0.707. The number of alkyl halides is 3. The Bertz CT molecular complexity index is 688. The highest BCUT2D eigenvalue weighted by atomic mass is 32.2. The molecule has 1 saturated heterocycles. The zero-order chi connectivity index (χ0) is 21.4. The molecule has 164 valence electrons. The lowest BCUT2D eigenvalue weighted by Crippen LogP contribution is -2.69. The van der Waals surface area contributed by atoms with Gasteiger partial charge in [-0.15, -0.1) is 0 Å². The third kappa shape index (κ3) is 4.25. The van der Waals surface area contributed by atoms with Crippen LogP contribution in [0.2, 0.25) is 0 Å². The highest BCUT2D eigenvalue weighted by Crippen LogP contribution is 2.51. The summed E-state index contributed by atoms with van der Waals surface area (Å²) in [5.41, 5.74) is -5.53. The molecule has 1 aliphatic carbocycles. The lowest BCUT2D eigenvalue weighted by Gasteiger charge is -2.59. The molecule has 28 heavy (non-hydrogen) atoms. The van der Waals surface area contributed by atoms with E-state index < -0.39 is 15.5 Å². The van der Waals surface area contributed by atoms with E-state index in [0.717, 1.165) is 6.42 Å². The van der Waals surface area contributed by atoms with Crippen LogP contribution in [0.15, 0.2) is 4.99 Å². The van der Waals surface area contributed by atoms with Crippen molar-refractivity contribution in [3.05, 3.63) is 0 Å². The molecule has 2 N–H and O–H groups in total. The molecule has 2 atom stereocenters. The minimum atomic E-state index is -5.24. The van der Waals surface area contributed by atoms with Gasteiger partial charge in [0, 0.05) is 45.2 Å². The topological polar surface area (TPSA) is 83.0 Å². The summed E-state index contributed by atoms with van der Waals surface area (Å²) < 4.78 is 67.0. The number of aliphatic imine (C=N–C) groups is 1. The average Bonchev–Trinajstić information content (AvgIpc) is 2.63. The predicted molar refractivity (Wildman–Crippen MR) is 101 cm³/mol. The second-order valence-electron chi connectivity index (χ2n) is 8.30. The maximum atomic E-state index is 12.6. The van der Waals surface area contributed by atoms with E-state index in [9.17, 15) is 21.6 Å². The van der Waals surface area contributed by atoms with E-state index in [2.05, 4.69) is 36.4 Å². The van der Waals surface area contributed by atoms with E-state index >= 15 is 0 Å². The highest BCUT2D eigenvalue weighted by molar-refractivity contribution is 7.90. The van der Waals surface area contributed by atoms with Gasteiger partial charge in [-0.1, -0.05) is 13.8 Å². The van der Waals surface area contributed by atoms with Crippen LogP contribution >= 0.6 is 0 Å². The quantitative estimate of drug-likeness (QED) is 0.516. The van der Waals surface area contributed by atoms with Gasteiger partial charge in [-0.25, -0.2) is 8.42 Å². The summed E-state index contributed by atoms with van der Waals surface area (Å²) in [6.07, 6.45) is 1.58. The van der Waals surface area contributed by atoms with Gasteiger partial charge in [0.1, 0.15) is 0 Å². The second-order valence-corrected chi connectivity index (χ2v) is 10.2. The van der Waals surface area contributed by atoms with Crippen LogP contribution in [0.4, 0.5) is 13.2 Å². The Balaban J connectivity index is 1.82. The molecule has 2 rings (SSSR count). The number of ether oxygens (including phenoxy) is 1. The molecule has 7 nitrogen and oxygen atoms in total. The molecule has 0 aromatic heterocycles. The average molecular weight is 429 g/mol. The minimum absolute atomic E-state index is 0.0804. The molecule has 1 aliphatic heterocycles. The Hall–Kier alpha value is -1.07. The second kappa shape index (κ2) is 7.98. The fourth-order valence-electron chi connectivity index (χ4n) is 3.82. The number of methoxy groups -OCH3 is 1. The first kappa shape index (κ1) is 23.2. The fraction of sp³-hybridized carbons (Fsp3) is 0.941. The Morgan fingerprint density at radius 2 is 1.82 bits per heavy atom. The van der Waals surface area contributed by atoms with Gasteiger partial charge in [-0.05, 0) is 32.1 Å². The molecule has 1 saturated carbocycles. The molecule has 2 aliphatic rings. The number of sulfonamides is 1. The van der Waals surface area contributed by atoms with Crippen molar-refractivity contribution >= 4 is 16.0 Å². The summed E-state index contributed by atoms with van der Waals surface area (Å²) >= 11 is 0. The van der Waals surface area contributed by atoms with Crippen LogP contribution in [-0.2, 0) is 14.8 Å². The van der Waals surface area contributed by atoms with Crippen molar-refractivity contribution in [2.45, 2.75) is 57.2 Å². The fourth-order valence-corrected chi connectivity index (χ4v) is 4.81. The van der Waals surface area contributed by atoms with Gasteiger partial charge in [-0.2, -0.15) is 17.5 Å². The lowest BCUT2D eigenvalue weighted by molar-refractivity contribution is -0.176. The molecular weight excluding hydrogens is 397 g/mol. The molecule has 2 fully saturated rings. The van der Waals surface area contributed by atoms with Gasteiger partial charge >= 0.3 is 15.5 Å². The number of guanidine groups is 1. The number of hydrogen-bond acceptors (Lipinski definition) is 4. The molecule has 0 aromatic carbocycles. The number of piperidine rings is 1. The van der Waals surface area contributed by atoms with E-state index in [4.69, 9.17) is 4.74 Å². The molecule has 11 heteroatoms. The van der Waals surface area contributed by atoms with Crippen LogP contribution in [0.25, 0.3) is 0 Å². The molecule has 2 unspecified atom stereocenters. The Morgan fingerprint density at radius 1 is 1.25 bits per heavy atom. The van der Waals surface area contributed by atoms with Gasteiger partial charge in [-0.3, -0.25) is 4.99 Å². The van der Waals surface area contributed by atoms with E-state index in [0.29, 0.717) is 29.7 Å². The Labute approximate surface area is 165 Å². The van der Waals surface area contributed by atoms with Gasteiger partial charge in [0.2, 0.25) is 0 Å².